The first kappa shape index (κ1) is 16.7. The van der Waals surface area contributed by atoms with Crippen LogP contribution < -0.4 is 0 Å². The monoisotopic (exact) mass is 216 g/mol. The average Bonchev–Trinajstić information content (AvgIpc) is 2.89. The third-order valence-corrected chi connectivity index (χ3v) is 2.16. The van der Waals surface area contributed by atoms with Crippen molar-refractivity contribution in [2.75, 3.05) is 7.11 Å². The molecule has 0 aliphatic heterocycles. The third-order valence-electron chi connectivity index (χ3n) is 2.16. The number of methoxy groups -OCH3 is 1. The van der Waals surface area contributed by atoms with Gasteiger partial charge in [-0.15, -0.1) is 0 Å². The minimum absolute atomic E-state index is 0.458. The Morgan fingerprint density at radius 2 is 1.20 bits per heavy atom. The topological polar surface area (TPSA) is 43.4 Å². The highest BCUT2D eigenvalue weighted by atomic mass is 16.5. The Bertz CT molecular complexity index is 135. The van der Waals surface area contributed by atoms with Crippen LogP contribution in [0.4, 0.5) is 0 Å². The van der Waals surface area contributed by atoms with Gasteiger partial charge in [0, 0.05) is 7.11 Å². The van der Waals surface area contributed by atoms with E-state index in [1.54, 1.807) is 0 Å². The van der Waals surface area contributed by atoms with Gasteiger partial charge in [0.1, 0.15) is 0 Å². The molecule has 0 aromatic heterocycles. The normalized spacial score (nSPS) is 14.1. The van der Waals surface area contributed by atoms with Crippen LogP contribution in [0.1, 0.15) is 52.9 Å². The molecule has 1 rings (SSSR count). The molecule has 1 fully saturated rings. The second-order valence-electron chi connectivity index (χ2n) is 3.39. The maximum atomic E-state index is 9.93. The van der Waals surface area contributed by atoms with Crippen LogP contribution in [0.15, 0.2) is 0 Å². The summed E-state index contributed by atoms with van der Waals surface area (Å²) in [6, 6.07) is 0. The molecular weight excluding hydrogens is 192 g/mol. The van der Waals surface area contributed by atoms with Crippen molar-refractivity contribution in [1.82, 2.24) is 0 Å². The van der Waals surface area contributed by atoms with Crippen LogP contribution in [0.5, 0.6) is 0 Å². The van der Waals surface area contributed by atoms with Crippen LogP contribution in [-0.4, -0.2) is 25.3 Å². The summed E-state index contributed by atoms with van der Waals surface area (Å²) in [5, 5.41) is 0. The largest absolute Gasteiger partial charge is 0.363 e. The van der Waals surface area contributed by atoms with Gasteiger partial charge in [0.15, 0.2) is 18.2 Å². The van der Waals surface area contributed by atoms with Crippen molar-refractivity contribution in [3.8, 4) is 0 Å². The zero-order valence-electron chi connectivity index (χ0n) is 10.4. The maximum Gasteiger partial charge on any atom is 0.175 e. The Morgan fingerprint density at radius 1 is 0.933 bits per heavy atom. The van der Waals surface area contributed by atoms with E-state index in [2.05, 4.69) is 4.74 Å². The van der Waals surface area contributed by atoms with E-state index in [1.807, 2.05) is 13.8 Å². The molecule has 0 heterocycles. The van der Waals surface area contributed by atoms with Gasteiger partial charge in [0.05, 0.1) is 0 Å². The van der Waals surface area contributed by atoms with E-state index < -0.39 is 5.60 Å². The van der Waals surface area contributed by atoms with Gasteiger partial charge in [-0.1, -0.05) is 46.0 Å². The highest BCUT2D eigenvalue weighted by Crippen LogP contribution is 2.15. The predicted molar refractivity (Wildman–Crippen MR) is 62.0 cm³/mol. The summed E-state index contributed by atoms with van der Waals surface area (Å²) in [5.41, 5.74) is -1.24. The lowest BCUT2D eigenvalue weighted by atomic mass is 10.2. The van der Waals surface area contributed by atoms with E-state index in [4.69, 9.17) is 0 Å². The Balaban J connectivity index is 0. The van der Waals surface area contributed by atoms with Crippen molar-refractivity contribution in [1.29, 1.82) is 0 Å². The van der Waals surface area contributed by atoms with Crippen LogP contribution in [0.25, 0.3) is 0 Å². The highest BCUT2D eigenvalue weighted by molar-refractivity contribution is 5.86. The smallest absolute Gasteiger partial charge is 0.175 e. The molecule has 0 atom stereocenters. The van der Waals surface area contributed by atoms with E-state index in [0.29, 0.717) is 12.6 Å². The molecular formula is C12H24O3. The molecule has 90 valence electrons. The Kier molecular flexibility index (Phi) is 12.7. The van der Waals surface area contributed by atoms with Gasteiger partial charge < -0.3 is 4.74 Å². The molecule has 0 radical (unpaired) electrons. The van der Waals surface area contributed by atoms with Crippen molar-refractivity contribution in [3.63, 3.8) is 0 Å². The summed E-state index contributed by atoms with van der Waals surface area (Å²) in [6.45, 7) is 5.40. The Hall–Kier alpha value is -0.700. The maximum absolute atomic E-state index is 9.93. The fraction of sp³-hybridized carbons (Fsp3) is 0.833. The van der Waals surface area contributed by atoms with Crippen LogP contribution in [0, 0.1) is 0 Å². The first-order valence-electron chi connectivity index (χ1n) is 5.66. The van der Waals surface area contributed by atoms with E-state index in [0.717, 1.165) is 0 Å². The third kappa shape index (κ3) is 9.60. The van der Waals surface area contributed by atoms with Gasteiger partial charge in [-0.2, -0.15) is 0 Å². The molecule has 1 aliphatic rings. The van der Waals surface area contributed by atoms with Gasteiger partial charge >= 0.3 is 0 Å². The summed E-state index contributed by atoms with van der Waals surface area (Å²) in [4.78, 5) is 19.9. The molecule has 0 aromatic carbocycles. The molecule has 0 unspecified atom stereocenters. The molecule has 3 nitrogen and oxygen atoms in total. The van der Waals surface area contributed by atoms with Gasteiger partial charge in [-0.25, -0.2) is 0 Å². The van der Waals surface area contributed by atoms with E-state index in [9.17, 15) is 9.59 Å². The first-order valence-corrected chi connectivity index (χ1v) is 5.66. The zero-order valence-corrected chi connectivity index (χ0v) is 10.4. The number of carbonyl (C=O) groups is 2. The fourth-order valence-corrected chi connectivity index (χ4v) is 1.01. The van der Waals surface area contributed by atoms with Crippen molar-refractivity contribution in [2.24, 2.45) is 0 Å². The molecule has 0 aromatic rings. The van der Waals surface area contributed by atoms with Gasteiger partial charge in [-0.3, -0.25) is 9.59 Å². The van der Waals surface area contributed by atoms with Crippen molar-refractivity contribution >= 4 is 12.6 Å². The van der Waals surface area contributed by atoms with Crippen molar-refractivity contribution in [2.45, 2.75) is 58.5 Å². The standard InChI is InChI=1S/C5H8O3.C5H10.C2H6/c1-5(3-6,4-7)8-2;1-2-4-5-3-1;1-2/h3-4H,1-2H3;1-5H2;1-2H3. The zero-order chi connectivity index (χ0) is 12.2. The Morgan fingerprint density at radius 3 is 1.27 bits per heavy atom. The minimum atomic E-state index is -1.24. The molecule has 0 bridgehead atoms. The number of rotatable bonds is 3. The number of carbonyl (C=O) groups excluding carboxylic acids is 2. The van der Waals surface area contributed by atoms with Crippen LogP contribution in [0.2, 0.25) is 0 Å². The molecule has 15 heavy (non-hydrogen) atoms. The number of hydrogen-bond acceptors (Lipinski definition) is 3. The summed E-state index contributed by atoms with van der Waals surface area (Å²) in [5.74, 6) is 0. The van der Waals surface area contributed by atoms with Gasteiger partial charge in [-0.05, 0) is 6.92 Å². The minimum Gasteiger partial charge on any atom is -0.363 e. The van der Waals surface area contributed by atoms with Crippen molar-refractivity contribution < 1.29 is 14.3 Å². The average molecular weight is 216 g/mol. The molecule has 3 heteroatoms. The van der Waals surface area contributed by atoms with Gasteiger partial charge in [0.2, 0.25) is 0 Å². The van der Waals surface area contributed by atoms with Gasteiger partial charge in [0.25, 0.3) is 0 Å². The summed E-state index contributed by atoms with van der Waals surface area (Å²) in [7, 11) is 1.31. The lowest BCUT2D eigenvalue weighted by Crippen LogP contribution is -2.30. The number of ether oxygens (including phenoxy) is 1. The molecule has 0 N–H and O–H groups in total. The fourth-order valence-electron chi connectivity index (χ4n) is 1.01. The van der Waals surface area contributed by atoms with E-state index in [-0.39, 0.29) is 0 Å². The SMILES string of the molecule is C1CCCC1.CC.COC(C)(C=O)C=O. The van der Waals surface area contributed by atoms with Crippen LogP contribution >= 0.6 is 0 Å². The second kappa shape index (κ2) is 11.4. The molecule has 0 amide bonds. The first-order chi connectivity index (χ1) is 7.18. The predicted octanol–water partition coefficient (Wildman–Crippen LogP) is 2.77. The summed E-state index contributed by atoms with van der Waals surface area (Å²) >= 11 is 0. The molecule has 1 aliphatic carbocycles. The quantitative estimate of drug-likeness (QED) is 0.538. The second-order valence-corrected chi connectivity index (χ2v) is 3.39. The Labute approximate surface area is 93.2 Å². The number of aldehydes is 2. The van der Waals surface area contributed by atoms with E-state index >= 15 is 0 Å². The van der Waals surface area contributed by atoms with Crippen LogP contribution in [0.3, 0.4) is 0 Å². The molecule has 1 saturated carbocycles. The molecule has 0 spiro atoms. The lowest BCUT2D eigenvalue weighted by molar-refractivity contribution is -0.136. The highest BCUT2D eigenvalue weighted by Gasteiger charge is 2.20. The summed E-state index contributed by atoms with van der Waals surface area (Å²) < 4.78 is 4.50. The van der Waals surface area contributed by atoms with Crippen LogP contribution in [-0.2, 0) is 14.3 Å². The number of hydrogen-bond donors (Lipinski definition) is 0. The molecule has 0 saturated heterocycles. The summed E-state index contributed by atoms with van der Waals surface area (Å²) in [6.07, 6.45) is 8.42. The van der Waals surface area contributed by atoms with E-state index in [1.165, 1.54) is 46.1 Å². The van der Waals surface area contributed by atoms with Crippen molar-refractivity contribution in [3.05, 3.63) is 0 Å². The lowest BCUT2D eigenvalue weighted by Gasteiger charge is -2.10.